The van der Waals surface area contributed by atoms with E-state index in [1.165, 1.54) is 6.07 Å². The van der Waals surface area contributed by atoms with E-state index in [0.29, 0.717) is 12.5 Å². The first kappa shape index (κ1) is 18.7. The summed E-state index contributed by atoms with van der Waals surface area (Å²) < 4.78 is 5.64. The van der Waals surface area contributed by atoms with Crippen molar-refractivity contribution in [3.05, 3.63) is 23.3 Å². The minimum absolute atomic E-state index is 0.0371. The van der Waals surface area contributed by atoms with Gasteiger partial charge in [-0.2, -0.15) is 0 Å². The first-order valence-electron chi connectivity index (χ1n) is 7.89. The Morgan fingerprint density at radius 2 is 1.74 bits per heavy atom. The Bertz CT molecular complexity index is 896. The number of rotatable bonds is 5. The molecule has 1 heterocycles. The van der Waals surface area contributed by atoms with Gasteiger partial charge in [-0.1, -0.05) is 0 Å². The molecule has 1 unspecified atom stereocenters. The smallest absolute Gasteiger partial charge is 0.336 e. The lowest BCUT2D eigenvalue weighted by Crippen LogP contribution is -2.42. The third kappa shape index (κ3) is 2.62. The summed E-state index contributed by atoms with van der Waals surface area (Å²) in [4.78, 5) is 47.8. The molecule has 1 aliphatic heterocycles. The average molecular weight is 395 g/mol. The molecule has 1 fully saturated rings. The van der Waals surface area contributed by atoms with E-state index in [4.69, 9.17) is 21.6 Å². The van der Waals surface area contributed by atoms with Gasteiger partial charge < -0.3 is 31.8 Å². The Hall–Kier alpha value is -3.08. The van der Waals surface area contributed by atoms with Gasteiger partial charge in [0.15, 0.2) is 0 Å². The molecule has 0 saturated heterocycles. The molecule has 1 aromatic rings. The second-order valence-corrected chi connectivity index (χ2v) is 9.31. The summed E-state index contributed by atoms with van der Waals surface area (Å²) in [5.41, 5.74) is 9.48. The molecule has 2 amide bonds. The second-order valence-electron chi connectivity index (χ2n) is 6.30. The molecule has 11 heteroatoms. The van der Waals surface area contributed by atoms with Gasteiger partial charge in [-0.25, -0.2) is 4.79 Å². The first-order valence-corrected chi connectivity index (χ1v) is 9.59. The topological polar surface area (TPSA) is 194 Å². The molecule has 3 rings (SSSR count). The van der Waals surface area contributed by atoms with Crippen LogP contribution in [-0.4, -0.2) is 50.2 Å². The van der Waals surface area contributed by atoms with Gasteiger partial charge >= 0.3 is 11.9 Å². The largest absolute Gasteiger partial charge is 0.493 e. The van der Waals surface area contributed by atoms with Gasteiger partial charge in [-0.15, -0.1) is 0 Å². The summed E-state index contributed by atoms with van der Waals surface area (Å²) in [6.07, 6.45) is 1.92. The highest BCUT2D eigenvalue weighted by atomic mass is 32.3. The van der Waals surface area contributed by atoms with Crippen LogP contribution in [-0.2, 0) is 4.79 Å². The maximum Gasteiger partial charge on any atom is 0.336 e. The van der Waals surface area contributed by atoms with Crippen molar-refractivity contribution in [3.8, 4) is 5.75 Å². The van der Waals surface area contributed by atoms with Crippen molar-refractivity contribution in [2.24, 2.45) is 17.4 Å². The van der Waals surface area contributed by atoms with Crippen molar-refractivity contribution in [2.75, 3.05) is 6.61 Å². The molecule has 10 nitrogen and oxygen atoms in total. The SMILES string of the molecule is N=C1c2c(OCC3CC3)ccc(C(=O)O)c2S(C(N)=O)(C(N)=O)C1C(=O)O. The van der Waals surface area contributed by atoms with Crippen molar-refractivity contribution >= 4 is 38.2 Å². The summed E-state index contributed by atoms with van der Waals surface area (Å²) in [5, 5.41) is 22.8. The summed E-state index contributed by atoms with van der Waals surface area (Å²) in [6.45, 7) is 0.291. The number of primary amides is 2. The van der Waals surface area contributed by atoms with Gasteiger partial charge in [-0.3, -0.25) is 14.4 Å². The number of carbonyl (C=O) groups excluding carboxylic acids is 2. The number of hydrogen-bond donors (Lipinski definition) is 5. The summed E-state index contributed by atoms with van der Waals surface area (Å²) in [6, 6.07) is 2.39. The number of carboxylic acids is 2. The highest BCUT2D eigenvalue weighted by Gasteiger charge is 2.60. The molecule has 144 valence electrons. The number of carboxylic acid groups (broad SMARTS) is 2. The predicted octanol–water partition coefficient (Wildman–Crippen LogP) is 1.33. The zero-order valence-corrected chi connectivity index (χ0v) is 14.7. The van der Waals surface area contributed by atoms with Crippen molar-refractivity contribution in [2.45, 2.75) is 23.0 Å². The fraction of sp³-hybridized carbons (Fsp3) is 0.312. The zero-order chi connectivity index (χ0) is 20.1. The number of nitrogens with one attached hydrogen (secondary N) is 1. The van der Waals surface area contributed by atoms with Crippen LogP contribution in [0.3, 0.4) is 0 Å². The second kappa shape index (κ2) is 6.27. The Morgan fingerprint density at radius 1 is 1.15 bits per heavy atom. The van der Waals surface area contributed by atoms with Gasteiger partial charge in [-0.05, 0) is 40.9 Å². The van der Waals surface area contributed by atoms with Crippen LogP contribution < -0.4 is 16.2 Å². The van der Waals surface area contributed by atoms with Crippen LogP contribution in [0.1, 0.15) is 28.8 Å². The fourth-order valence-corrected chi connectivity index (χ4v) is 6.28. The number of benzene rings is 1. The molecular weight excluding hydrogens is 378 g/mol. The minimum atomic E-state index is -3.87. The highest BCUT2D eigenvalue weighted by Crippen LogP contribution is 2.68. The van der Waals surface area contributed by atoms with E-state index >= 15 is 0 Å². The molecule has 0 spiro atoms. The normalized spacial score (nSPS) is 21.2. The minimum Gasteiger partial charge on any atom is -0.493 e. The van der Waals surface area contributed by atoms with Gasteiger partial charge in [0.25, 0.3) is 10.5 Å². The predicted molar refractivity (Wildman–Crippen MR) is 94.9 cm³/mol. The third-order valence-electron chi connectivity index (χ3n) is 4.59. The van der Waals surface area contributed by atoms with E-state index in [9.17, 15) is 29.4 Å². The van der Waals surface area contributed by atoms with Gasteiger partial charge in [0.1, 0.15) is 11.0 Å². The number of hydrogen-bond acceptors (Lipinski definition) is 6. The van der Waals surface area contributed by atoms with Crippen LogP contribution in [0.5, 0.6) is 5.75 Å². The fourth-order valence-electron chi connectivity index (χ4n) is 3.17. The van der Waals surface area contributed by atoms with E-state index in [1.807, 2.05) is 0 Å². The maximum absolute atomic E-state index is 12.3. The molecule has 0 aromatic heterocycles. The lowest BCUT2D eigenvalue weighted by Gasteiger charge is -2.33. The van der Waals surface area contributed by atoms with Gasteiger partial charge in [0.2, 0.25) is 0 Å². The molecule has 1 aliphatic carbocycles. The standard InChI is InChI=1S/C16H17N3O7S/c17-10-9-8(26-5-6-1-2-6)4-3-7(13(20)21)11(9)27(15(18)24,16(19)25)12(10)14(22)23/h3-4,6,12,17H,1-2,5H2,(H2,18,24)(H2,19,25)(H,20,21)(H,22,23). The average Bonchev–Trinajstić information content (AvgIpc) is 3.34. The van der Waals surface area contributed by atoms with Crippen molar-refractivity contribution in [3.63, 3.8) is 0 Å². The number of carbonyl (C=O) groups is 4. The first-order chi connectivity index (χ1) is 12.6. The Labute approximate surface area is 154 Å². The molecule has 7 N–H and O–H groups in total. The molecule has 0 radical (unpaired) electrons. The van der Waals surface area contributed by atoms with E-state index in [0.717, 1.165) is 18.9 Å². The monoisotopic (exact) mass is 395 g/mol. The van der Waals surface area contributed by atoms with Crippen LogP contribution in [0.4, 0.5) is 9.59 Å². The molecule has 1 aromatic carbocycles. The Balaban J connectivity index is 2.35. The van der Waals surface area contributed by atoms with Crippen LogP contribution >= 0.6 is 10.0 Å². The molecule has 2 aliphatic rings. The van der Waals surface area contributed by atoms with E-state index < -0.39 is 53.9 Å². The summed E-state index contributed by atoms with van der Waals surface area (Å²) in [5.74, 6) is -2.81. The van der Waals surface area contributed by atoms with E-state index in [-0.39, 0.29) is 11.3 Å². The van der Waals surface area contributed by atoms with E-state index in [1.54, 1.807) is 0 Å². The van der Waals surface area contributed by atoms with Crippen molar-refractivity contribution in [1.82, 2.24) is 0 Å². The van der Waals surface area contributed by atoms with Gasteiger partial charge in [0.05, 0.1) is 23.4 Å². The van der Waals surface area contributed by atoms with Gasteiger partial charge in [0, 0.05) is 4.90 Å². The van der Waals surface area contributed by atoms with E-state index in [2.05, 4.69) is 0 Å². The van der Waals surface area contributed by atoms with Crippen LogP contribution in [0.15, 0.2) is 17.0 Å². The lowest BCUT2D eigenvalue weighted by molar-refractivity contribution is -0.135. The zero-order valence-electron chi connectivity index (χ0n) is 13.9. The van der Waals surface area contributed by atoms with Crippen molar-refractivity contribution in [1.29, 1.82) is 5.41 Å². The summed E-state index contributed by atoms with van der Waals surface area (Å²) >= 11 is 0. The highest BCUT2D eigenvalue weighted by molar-refractivity contribution is 8.57. The van der Waals surface area contributed by atoms with Crippen molar-refractivity contribution < 1.29 is 34.1 Å². The molecule has 1 atom stereocenters. The number of ether oxygens (including phenoxy) is 1. The number of amides is 2. The van der Waals surface area contributed by atoms with Crippen LogP contribution in [0.25, 0.3) is 0 Å². The number of nitrogens with two attached hydrogens (primary N) is 2. The van der Waals surface area contributed by atoms with Crippen LogP contribution in [0.2, 0.25) is 0 Å². The number of aromatic carboxylic acids is 1. The molecule has 1 saturated carbocycles. The summed E-state index contributed by atoms with van der Waals surface area (Å²) in [7, 11) is -3.87. The van der Waals surface area contributed by atoms with Crippen LogP contribution in [0, 0.1) is 11.3 Å². The molecular formula is C16H17N3O7S. The molecule has 27 heavy (non-hydrogen) atoms. The maximum atomic E-state index is 12.3. The Morgan fingerprint density at radius 3 is 2.19 bits per heavy atom. The molecule has 0 bridgehead atoms. The lowest BCUT2D eigenvalue weighted by atomic mass is 10.0. The number of fused-ring (bicyclic) bond motifs is 1. The third-order valence-corrected chi connectivity index (χ3v) is 8.07. The quantitative estimate of drug-likeness (QED) is 0.496. The number of aliphatic carboxylic acids is 1. The Kier molecular flexibility index (Phi) is 4.34.